The van der Waals surface area contributed by atoms with Gasteiger partial charge in [0.1, 0.15) is 5.75 Å². The highest BCUT2D eigenvalue weighted by Gasteiger charge is 2.10. The molecule has 0 radical (unpaired) electrons. The van der Waals surface area contributed by atoms with Crippen LogP contribution in [-0.4, -0.2) is 25.5 Å². The van der Waals surface area contributed by atoms with Gasteiger partial charge < -0.3 is 9.47 Å². The smallest absolute Gasteiger partial charge is 0.344 e. The molecule has 0 fully saturated rings. The van der Waals surface area contributed by atoms with E-state index in [1.165, 1.54) is 0 Å². The van der Waals surface area contributed by atoms with Crippen molar-refractivity contribution in [1.29, 1.82) is 0 Å². The molecule has 0 saturated carbocycles. The topological polar surface area (TPSA) is 52.6 Å². The van der Waals surface area contributed by atoms with E-state index in [0.717, 1.165) is 12.8 Å². The number of rotatable bonds is 7. The van der Waals surface area contributed by atoms with Gasteiger partial charge in [-0.25, -0.2) is 4.79 Å². The van der Waals surface area contributed by atoms with Crippen LogP contribution in [0.25, 0.3) is 0 Å². The zero-order chi connectivity index (χ0) is 13.4. The van der Waals surface area contributed by atoms with E-state index in [-0.39, 0.29) is 6.61 Å². The Kier molecular flexibility index (Phi) is 6.43. The van der Waals surface area contributed by atoms with Gasteiger partial charge in [0.15, 0.2) is 12.9 Å². The summed E-state index contributed by atoms with van der Waals surface area (Å²) in [6.45, 7) is 2.21. The minimum absolute atomic E-state index is 0.201. The fourth-order valence-corrected chi connectivity index (χ4v) is 1.77. The number of carbonyl (C=O) groups is 2. The van der Waals surface area contributed by atoms with Crippen molar-refractivity contribution in [1.82, 2.24) is 0 Å². The molecule has 0 aliphatic heterocycles. The van der Waals surface area contributed by atoms with Gasteiger partial charge in [0, 0.05) is 0 Å². The Hall–Kier alpha value is -1.36. The Morgan fingerprint density at radius 1 is 1.44 bits per heavy atom. The zero-order valence-electron chi connectivity index (χ0n) is 10.1. The molecule has 0 aromatic heterocycles. The summed E-state index contributed by atoms with van der Waals surface area (Å²) in [7, 11) is 0. The van der Waals surface area contributed by atoms with Crippen LogP contribution in [0.2, 0.25) is 0 Å². The number of esters is 1. The third kappa shape index (κ3) is 4.49. The molecule has 0 heterocycles. The predicted molar refractivity (Wildman–Crippen MR) is 70.9 cm³/mol. The molecule has 0 atom stereocenters. The van der Waals surface area contributed by atoms with Gasteiger partial charge in [-0.3, -0.25) is 4.79 Å². The van der Waals surface area contributed by atoms with Gasteiger partial charge in [0.05, 0.1) is 16.6 Å². The Morgan fingerprint density at radius 3 is 2.89 bits per heavy atom. The van der Waals surface area contributed by atoms with Crippen LogP contribution in [0.15, 0.2) is 22.7 Å². The standard InChI is InChI=1S/C13H15BrO4/c1-2-3-7-17-12(16)9-18-13-10(8-15)5-4-6-11(13)14/h4-6,8H,2-3,7,9H2,1H3. The molecule has 1 aromatic carbocycles. The number of benzene rings is 1. The van der Waals surface area contributed by atoms with Crippen LogP contribution in [0, 0.1) is 0 Å². The molecule has 4 nitrogen and oxygen atoms in total. The molecule has 0 N–H and O–H groups in total. The molecular formula is C13H15BrO4. The molecule has 0 unspecified atom stereocenters. The number of carbonyl (C=O) groups excluding carboxylic acids is 2. The Bertz CT molecular complexity index is 417. The summed E-state index contributed by atoms with van der Waals surface area (Å²) in [6.07, 6.45) is 2.48. The minimum atomic E-state index is -0.434. The van der Waals surface area contributed by atoms with E-state index >= 15 is 0 Å². The first-order valence-corrected chi connectivity index (χ1v) is 6.50. The maximum absolute atomic E-state index is 11.4. The molecule has 18 heavy (non-hydrogen) atoms. The average Bonchev–Trinajstić information content (AvgIpc) is 2.37. The Balaban J connectivity index is 2.53. The number of hydrogen-bond donors (Lipinski definition) is 0. The molecular weight excluding hydrogens is 300 g/mol. The summed E-state index contributed by atoms with van der Waals surface area (Å²) in [5.41, 5.74) is 0.394. The highest BCUT2D eigenvalue weighted by molar-refractivity contribution is 9.10. The van der Waals surface area contributed by atoms with Gasteiger partial charge in [-0.2, -0.15) is 0 Å². The second kappa shape index (κ2) is 7.87. The van der Waals surface area contributed by atoms with Crippen molar-refractivity contribution in [2.24, 2.45) is 0 Å². The van der Waals surface area contributed by atoms with Crippen LogP contribution < -0.4 is 4.74 Å². The second-order valence-electron chi connectivity index (χ2n) is 3.64. The summed E-state index contributed by atoms with van der Waals surface area (Å²) >= 11 is 3.27. The van der Waals surface area contributed by atoms with Crippen LogP contribution in [0.5, 0.6) is 5.75 Å². The molecule has 0 bridgehead atoms. The van der Waals surface area contributed by atoms with E-state index in [2.05, 4.69) is 15.9 Å². The lowest BCUT2D eigenvalue weighted by molar-refractivity contribution is -0.146. The van der Waals surface area contributed by atoms with E-state index in [1.54, 1.807) is 18.2 Å². The summed E-state index contributed by atoms with van der Waals surface area (Å²) in [5, 5.41) is 0. The van der Waals surface area contributed by atoms with Crippen molar-refractivity contribution in [2.45, 2.75) is 19.8 Å². The van der Waals surface area contributed by atoms with Crippen molar-refractivity contribution >= 4 is 28.2 Å². The monoisotopic (exact) mass is 314 g/mol. The molecule has 5 heteroatoms. The summed E-state index contributed by atoms with van der Waals surface area (Å²) < 4.78 is 10.9. The van der Waals surface area contributed by atoms with Crippen LogP contribution >= 0.6 is 15.9 Å². The first-order chi connectivity index (χ1) is 8.69. The highest BCUT2D eigenvalue weighted by Crippen LogP contribution is 2.27. The van der Waals surface area contributed by atoms with E-state index in [0.29, 0.717) is 28.7 Å². The van der Waals surface area contributed by atoms with Crippen LogP contribution in [-0.2, 0) is 9.53 Å². The quantitative estimate of drug-likeness (QED) is 0.441. The molecule has 0 saturated heterocycles. The molecule has 98 valence electrons. The Morgan fingerprint density at radius 2 is 2.22 bits per heavy atom. The maximum Gasteiger partial charge on any atom is 0.344 e. The lowest BCUT2D eigenvalue weighted by Crippen LogP contribution is -2.16. The van der Waals surface area contributed by atoms with Gasteiger partial charge in [0.2, 0.25) is 0 Å². The normalized spacial score (nSPS) is 9.89. The van der Waals surface area contributed by atoms with E-state index in [9.17, 15) is 9.59 Å². The van der Waals surface area contributed by atoms with Gasteiger partial charge in [-0.1, -0.05) is 19.4 Å². The highest BCUT2D eigenvalue weighted by atomic mass is 79.9. The number of hydrogen-bond acceptors (Lipinski definition) is 4. The van der Waals surface area contributed by atoms with Gasteiger partial charge in [-0.15, -0.1) is 0 Å². The maximum atomic E-state index is 11.4. The lowest BCUT2D eigenvalue weighted by Gasteiger charge is -2.10. The third-order valence-electron chi connectivity index (χ3n) is 2.22. The third-order valence-corrected chi connectivity index (χ3v) is 2.84. The SMILES string of the molecule is CCCCOC(=O)COc1c(Br)cccc1C=O. The average molecular weight is 315 g/mol. The minimum Gasteiger partial charge on any atom is -0.480 e. The van der Waals surface area contributed by atoms with Gasteiger partial charge in [-0.05, 0) is 34.5 Å². The van der Waals surface area contributed by atoms with E-state index in [4.69, 9.17) is 9.47 Å². The number of ether oxygens (including phenoxy) is 2. The van der Waals surface area contributed by atoms with Crippen LogP contribution in [0.4, 0.5) is 0 Å². The second-order valence-corrected chi connectivity index (χ2v) is 4.49. The van der Waals surface area contributed by atoms with Crippen molar-refractivity contribution < 1.29 is 19.1 Å². The van der Waals surface area contributed by atoms with Gasteiger partial charge >= 0.3 is 5.97 Å². The van der Waals surface area contributed by atoms with Crippen molar-refractivity contribution in [3.05, 3.63) is 28.2 Å². The predicted octanol–water partition coefficient (Wildman–Crippen LogP) is 2.98. The van der Waals surface area contributed by atoms with Crippen LogP contribution in [0.3, 0.4) is 0 Å². The first-order valence-electron chi connectivity index (χ1n) is 5.71. The number of aldehydes is 1. The first kappa shape index (κ1) is 14.7. The fourth-order valence-electron chi connectivity index (χ4n) is 1.27. The van der Waals surface area contributed by atoms with E-state index in [1.807, 2.05) is 6.92 Å². The van der Waals surface area contributed by atoms with Crippen molar-refractivity contribution in [3.8, 4) is 5.75 Å². The molecule has 0 aliphatic rings. The molecule has 0 amide bonds. The number of halogens is 1. The lowest BCUT2D eigenvalue weighted by atomic mass is 10.2. The molecule has 0 aliphatic carbocycles. The fraction of sp³-hybridized carbons (Fsp3) is 0.385. The van der Waals surface area contributed by atoms with Crippen LogP contribution in [0.1, 0.15) is 30.1 Å². The molecule has 1 rings (SSSR count). The number of unbranched alkanes of at least 4 members (excludes halogenated alkanes) is 1. The van der Waals surface area contributed by atoms with Crippen molar-refractivity contribution in [3.63, 3.8) is 0 Å². The molecule has 0 spiro atoms. The van der Waals surface area contributed by atoms with E-state index < -0.39 is 5.97 Å². The van der Waals surface area contributed by atoms with Gasteiger partial charge in [0.25, 0.3) is 0 Å². The number of para-hydroxylation sites is 1. The summed E-state index contributed by atoms with van der Waals surface area (Å²) in [5.74, 6) is -0.0732. The zero-order valence-corrected chi connectivity index (χ0v) is 11.7. The largest absolute Gasteiger partial charge is 0.480 e. The summed E-state index contributed by atoms with van der Waals surface area (Å²) in [4.78, 5) is 22.2. The van der Waals surface area contributed by atoms with Crippen molar-refractivity contribution in [2.75, 3.05) is 13.2 Å². The summed E-state index contributed by atoms with van der Waals surface area (Å²) in [6, 6.07) is 5.08. The Labute approximate surface area is 114 Å². The molecule has 1 aromatic rings.